The first-order chi connectivity index (χ1) is 8.60. The lowest BCUT2D eigenvalue weighted by Crippen LogP contribution is -2.40. The lowest BCUT2D eigenvalue weighted by Gasteiger charge is -2.19. The van der Waals surface area contributed by atoms with E-state index in [1.54, 1.807) is 0 Å². The Kier molecular flexibility index (Phi) is 0.643. The highest BCUT2D eigenvalue weighted by Gasteiger charge is 2.33. The molecule has 0 heterocycles. The second kappa shape index (κ2) is 3.79. The van der Waals surface area contributed by atoms with Gasteiger partial charge in [-0.05, 0) is 5.68 Å². The smallest absolute Gasteiger partial charge is 0.374 e. The van der Waals surface area contributed by atoms with E-state index in [0.717, 1.165) is 0 Å². The third-order valence-electron chi connectivity index (χ3n) is 0.580. The van der Waals surface area contributed by atoms with Gasteiger partial charge in [0.15, 0.2) is 0 Å². The Balaban J connectivity index is 5.77. The fraction of sp³-hybridized carbons (Fsp3) is 0.600. The van der Waals surface area contributed by atoms with Crippen LogP contribution in [0.15, 0.2) is 12.2 Å². The van der Waals surface area contributed by atoms with Gasteiger partial charge in [-0.1, -0.05) is 6.55 Å². The molecule has 0 bridgehead atoms. The van der Waals surface area contributed by atoms with Crippen molar-refractivity contribution in [1.82, 2.24) is 0 Å². The molecule has 0 fully saturated rings. The zero-order valence-electron chi connectivity index (χ0n) is 15.3. The van der Waals surface area contributed by atoms with Gasteiger partial charge >= 0.3 is 8.80 Å². The van der Waals surface area contributed by atoms with Crippen molar-refractivity contribution in [2.75, 3.05) is 21.1 Å². The van der Waals surface area contributed by atoms with Gasteiger partial charge in [0.2, 0.25) is 0 Å². The van der Waals surface area contributed by atoms with Crippen LogP contribution in [0.5, 0.6) is 0 Å². The Hall–Kier alpha value is -0.163. The van der Waals surface area contributed by atoms with Crippen molar-refractivity contribution in [3.05, 3.63) is 12.2 Å². The molecule has 0 aromatic heterocycles. The first-order valence-electron chi connectivity index (χ1n) is 7.34. The molecule has 0 aliphatic heterocycles. The Morgan fingerprint density at radius 2 is 2.11 bits per heavy atom. The average Bonchev–Trinajstić information content (AvgIpc) is 2.07. The molecule has 0 saturated heterocycles. The van der Waals surface area contributed by atoms with E-state index in [1.165, 1.54) is 0 Å². The van der Waals surface area contributed by atoms with Gasteiger partial charge in [0, 0.05) is 21.1 Å². The van der Waals surface area contributed by atoms with E-state index >= 15 is 0 Å². The number of hydrogen-bond donors (Lipinski definition) is 0. The normalized spacial score (nSPS) is 36.0. The predicted molar refractivity (Wildman–Crippen MR) is 37.0 cm³/mol. The van der Waals surface area contributed by atoms with Crippen LogP contribution in [0.2, 0.25) is 0 Å². The Morgan fingerprint density at radius 3 is 2.44 bits per heavy atom. The lowest BCUT2D eigenvalue weighted by molar-refractivity contribution is 0.138. The summed E-state index contributed by atoms with van der Waals surface area (Å²) < 4.78 is 89.5. The van der Waals surface area contributed by atoms with Crippen LogP contribution in [-0.4, -0.2) is 29.9 Å². The molecule has 0 aromatic carbocycles. The van der Waals surface area contributed by atoms with E-state index in [9.17, 15) is 0 Å². The van der Waals surface area contributed by atoms with E-state index < -0.39 is 35.6 Å². The predicted octanol–water partition coefficient (Wildman–Crippen LogP) is 0.590. The van der Waals surface area contributed by atoms with E-state index in [2.05, 4.69) is 13.3 Å². The van der Waals surface area contributed by atoms with Crippen molar-refractivity contribution >= 4 is 8.80 Å². The third kappa shape index (κ3) is 1.91. The van der Waals surface area contributed by atoms with Crippen LogP contribution >= 0.6 is 0 Å². The van der Waals surface area contributed by atoms with Gasteiger partial charge in [0.05, 0.1) is 15.1 Å². The van der Waals surface area contributed by atoms with Gasteiger partial charge < -0.3 is 13.3 Å². The summed E-state index contributed by atoms with van der Waals surface area (Å²) in [5, 5.41) is 0. The van der Waals surface area contributed by atoms with Crippen LogP contribution in [-0.2, 0) is 13.3 Å². The summed E-state index contributed by atoms with van der Waals surface area (Å²) >= 11 is 0. The van der Waals surface area contributed by atoms with E-state index in [4.69, 9.17) is 15.1 Å². The van der Waals surface area contributed by atoms with Crippen molar-refractivity contribution in [1.29, 1.82) is 0 Å². The first-order valence-corrected chi connectivity index (χ1v) is 3.49. The molecule has 3 nitrogen and oxygen atoms in total. The lowest BCUT2D eigenvalue weighted by atomic mass is 11.3. The number of hydrogen-bond acceptors (Lipinski definition) is 3. The highest BCUT2D eigenvalue weighted by molar-refractivity contribution is 6.66. The van der Waals surface area contributed by atoms with Gasteiger partial charge in [-0.3, -0.25) is 0 Å². The molecule has 0 rings (SSSR count). The summed E-state index contributed by atoms with van der Waals surface area (Å²) in [4.78, 5) is 0. The monoisotopic (exact) mass is 159 g/mol. The van der Waals surface area contributed by atoms with Crippen molar-refractivity contribution < 1.29 is 28.4 Å². The van der Waals surface area contributed by atoms with Crippen LogP contribution in [0.3, 0.4) is 0 Å². The summed E-state index contributed by atoms with van der Waals surface area (Å²) in [5.74, 6) is 0. The fourth-order valence-corrected chi connectivity index (χ4v) is 0.453. The molecular formula is C5H12O3Si. The standard InChI is InChI=1S/C5H12O3Si/c1-5-9(6-2,7-3)8-4/h5H,1H2,2-4H3/i1D,2D3,3D3,4D3,5D. The molecule has 0 unspecified atom stereocenters. The van der Waals surface area contributed by atoms with Crippen LogP contribution < -0.4 is 0 Å². The maximum absolute atomic E-state index is 7.38. The minimum atomic E-state index is -5.15. The van der Waals surface area contributed by atoms with Gasteiger partial charge in [0.25, 0.3) is 0 Å². The molecule has 0 N–H and O–H groups in total. The largest absolute Gasteiger partial charge is 0.528 e. The number of rotatable bonds is 4. The molecule has 4 heteroatoms. The van der Waals surface area contributed by atoms with Crippen LogP contribution in [0.1, 0.15) is 15.1 Å². The Labute approximate surface area is 72.1 Å². The third-order valence-corrected chi connectivity index (χ3v) is 1.74. The summed E-state index contributed by atoms with van der Waals surface area (Å²) in [5.41, 5.74) is -1.11. The van der Waals surface area contributed by atoms with Crippen LogP contribution in [0.25, 0.3) is 0 Å². The molecule has 0 saturated carbocycles. The van der Waals surface area contributed by atoms with E-state index in [0.29, 0.717) is 0 Å². The Bertz CT molecular complexity index is 314. The minimum absolute atomic E-state index is 0.204. The summed E-state index contributed by atoms with van der Waals surface area (Å²) in [6.07, 6.45) is 0. The summed E-state index contributed by atoms with van der Waals surface area (Å²) in [6.45, 7) is 0.204. The Morgan fingerprint density at radius 1 is 1.56 bits per heavy atom. The van der Waals surface area contributed by atoms with Gasteiger partial charge in [0.1, 0.15) is 0 Å². The molecule has 0 aliphatic rings. The van der Waals surface area contributed by atoms with Gasteiger partial charge in [-0.2, -0.15) is 0 Å². The first kappa shape index (κ1) is 1.53. The summed E-state index contributed by atoms with van der Waals surface area (Å²) in [6, 6.07) is 0. The maximum Gasteiger partial charge on any atom is 0.528 e. The molecule has 0 aromatic rings. The maximum atomic E-state index is 7.38. The van der Waals surface area contributed by atoms with Crippen molar-refractivity contribution in [2.45, 2.75) is 0 Å². The van der Waals surface area contributed by atoms with Gasteiger partial charge in [-0.25, -0.2) is 0 Å². The zero-order chi connectivity index (χ0) is 16.4. The molecule has 0 atom stereocenters. The minimum Gasteiger partial charge on any atom is -0.374 e. The quantitative estimate of drug-likeness (QED) is 0.562. The SMILES string of the molecule is [2H]C=C([2H])[Si](OC([2H])([2H])[2H])(OC([2H])([2H])[2H])OC([2H])([2H])[2H]. The molecule has 54 valence electrons. The average molecular weight is 159 g/mol. The molecule has 0 radical (unpaired) electrons. The van der Waals surface area contributed by atoms with E-state index in [1.807, 2.05) is 0 Å². The van der Waals surface area contributed by atoms with Crippen LogP contribution in [0.4, 0.5) is 0 Å². The van der Waals surface area contributed by atoms with Crippen molar-refractivity contribution in [3.8, 4) is 0 Å². The zero-order valence-corrected chi connectivity index (χ0v) is 5.30. The molecular weight excluding hydrogens is 136 g/mol. The molecule has 9 heavy (non-hydrogen) atoms. The summed E-state index contributed by atoms with van der Waals surface area (Å²) in [7, 11) is -15.0. The van der Waals surface area contributed by atoms with Crippen molar-refractivity contribution in [2.24, 2.45) is 0 Å². The van der Waals surface area contributed by atoms with Crippen LogP contribution in [0, 0.1) is 0 Å². The topological polar surface area (TPSA) is 27.7 Å². The second-order valence-corrected chi connectivity index (χ2v) is 3.02. The highest BCUT2D eigenvalue weighted by Crippen LogP contribution is 2.04. The van der Waals surface area contributed by atoms with Gasteiger partial charge in [-0.15, -0.1) is 0 Å². The van der Waals surface area contributed by atoms with E-state index in [-0.39, 0.29) is 6.55 Å². The second-order valence-electron chi connectivity index (χ2n) is 1.01. The molecule has 0 amide bonds. The fourth-order valence-electron chi connectivity index (χ4n) is 0.151. The molecule has 0 aliphatic carbocycles. The van der Waals surface area contributed by atoms with Crippen molar-refractivity contribution in [3.63, 3.8) is 0 Å². The molecule has 0 spiro atoms. The highest BCUT2D eigenvalue weighted by atomic mass is 28.4.